The van der Waals surface area contributed by atoms with Crippen molar-refractivity contribution in [3.63, 3.8) is 0 Å². The summed E-state index contributed by atoms with van der Waals surface area (Å²) in [6.07, 6.45) is 2.64. The van der Waals surface area contributed by atoms with Gasteiger partial charge in [-0.25, -0.2) is 0 Å². The number of aliphatic hydroxyl groups excluding tert-OH is 1. The number of nitrogens with zero attached hydrogens (tertiary/aromatic N) is 1. The fourth-order valence-electron chi connectivity index (χ4n) is 1.23. The van der Waals surface area contributed by atoms with Crippen LogP contribution >= 0.6 is 0 Å². The van der Waals surface area contributed by atoms with Gasteiger partial charge in [-0.2, -0.15) is 0 Å². The van der Waals surface area contributed by atoms with Crippen molar-refractivity contribution >= 4 is 5.97 Å². The van der Waals surface area contributed by atoms with E-state index in [0.29, 0.717) is 13.1 Å². The molecular weight excluding hydrogens is 196 g/mol. The van der Waals surface area contributed by atoms with Gasteiger partial charge in [0.25, 0.3) is 0 Å². The first-order valence-corrected chi connectivity index (χ1v) is 5.07. The Morgan fingerprint density at radius 1 is 1.47 bits per heavy atom. The first-order chi connectivity index (χ1) is 7.20. The molecule has 0 aromatic heterocycles. The lowest BCUT2D eigenvalue weighted by Gasteiger charge is -2.18. The summed E-state index contributed by atoms with van der Waals surface area (Å²) >= 11 is 0. The Morgan fingerprint density at radius 3 is 2.73 bits per heavy atom. The van der Waals surface area contributed by atoms with Crippen molar-refractivity contribution in [2.75, 3.05) is 39.3 Å². The van der Waals surface area contributed by atoms with E-state index in [9.17, 15) is 4.79 Å². The predicted octanol–water partition coefficient (Wildman–Crippen LogP) is -0.469. The third-order valence-corrected chi connectivity index (χ3v) is 1.89. The number of aliphatic carboxylic acids is 1. The van der Waals surface area contributed by atoms with E-state index in [2.05, 4.69) is 11.9 Å². The van der Waals surface area contributed by atoms with Crippen LogP contribution in [0.4, 0.5) is 0 Å². The van der Waals surface area contributed by atoms with Gasteiger partial charge in [-0.3, -0.25) is 9.69 Å². The van der Waals surface area contributed by atoms with Crippen LogP contribution in [-0.4, -0.2) is 60.4 Å². The second kappa shape index (κ2) is 9.64. The van der Waals surface area contributed by atoms with E-state index in [1.54, 1.807) is 11.0 Å². The molecule has 0 radical (unpaired) electrons. The normalized spacial score (nSPS) is 10.5. The zero-order valence-corrected chi connectivity index (χ0v) is 8.98. The molecule has 15 heavy (non-hydrogen) atoms. The number of aliphatic hydroxyl groups is 1. The van der Waals surface area contributed by atoms with Gasteiger partial charge in [0, 0.05) is 19.6 Å². The monoisotopic (exact) mass is 216 g/mol. The largest absolute Gasteiger partial charge is 0.480 e. The molecule has 0 atom stereocenters. The molecule has 0 aliphatic heterocycles. The first kappa shape index (κ1) is 14.1. The summed E-state index contributed by atoms with van der Waals surface area (Å²) in [5.41, 5.74) is 0. The third-order valence-electron chi connectivity index (χ3n) is 1.89. The smallest absolute Gasteiger partial charge is 0.317 e. The summed E-state index contributed by atoms with van der Waals surface area (Å²) < 4.78 is 0. The molecule has 88 valence electrons. The van der Waals surface area contributed by atoms with Crippen LogP contribution in [0.15, 0.2) is 12.7 Å². The average Bonchev–Trinajstić information content (AvgIpc) is 2.17. The van der Waals surface area contributed by atoms with E-state index in [-0.39, 0.29) is 13.2 Å². The molecule has 0 aromatic carbocycles. The van der Waals surface area contributed by atoms with Crippen LogP contribution in [0, 0.1) is 0 Å². The van der Waals surface area contributed by atoms with E-state index in [0.717, 1.165) is 19.5 Å². The van der Waals surface area contributed by atoms with Crippen LogP contribution in [-0.2, 0) is 4.79 Å². The number of carbonyl (C=O) groups is 1. The van der Waals surface area contributed by atoms with Crippen molar-refractivity contribution in [2.24, 2.45) is 0 Å². The second-order valence-electron chi connectivity index (χ2n) is 3.24. The van der Waals surface area contributed by atoms with E-state index in [4.69, 9.17) is 10.2 Å². The van der Waals surface area contributed by atoms with Crippen molar-refractivity contribution in [1.82, 2.24) is 10.2 Å². The van der Waals surface area contributed by atoms with Crippen molar-refractivity contribution in [1.29, 1.82) is 0 Å². The summed E-state index contributed by atoms with van der Waals surface area (Å²) in [4.78, 5) is 12.2. The van der Waals surface area contributed by atoms with Gasteiger partial charge in [0.1, 0.15) is 0 Å². The minimum atomic E-state index is -0.859. The molecule has 0 aromatic rings. The van der Waals surface area contributed by atoms with Crippen LogP contribution in [0.5, 0.6) is 0 Å². The predicted molar refractivity (Wildman–Crippen MR) is 58.8 cm³/mol. The van der Waals surface area contributed by atoms with Gasteiger partial charge in [-0.15, -0.1) is 6.58 Å². The topological polar surface area (TPSA) is 72.8 Å². The number of hydrogen-bond donors (Lipinski definition) is 3. The quantitative estimate of drug-likeness (QED) is 0.340. The lowest BCUT2D eigenvalue weighted by atomic mass is 10.3. The molecule has 0 rings (SSSR count). The summed E-state index contributed by atoms with van der Waals surface area (Å²) in [7, 11) is 0. The van der Waals surface area contributed by atoms with Gasteiger partial charge in [0.2, 0.25) is 0 Å². The Morgan fingerprint density at radius 2 is 2.20 bits per heavy atom. The molecule has 0 heterocycles. The molecule has 5 heteroatoms. The maximum atomic E-state index is 10.5. The van der Waals surface area contributed by atoms with E-state index < -0.39 is 5.97 Å². The Bertz CT molecular complexity index is 186. The molecule has 0 bridgehead atoms. The maximum Gasteiger partial charge on any atom is 0.317 e. The zero-order chi connectivity index (χ0) is 11.5. The van der Waals surface area contributed by atoms with Gasteiger partial charge in [-0.05, 0) is 13.0 Å². The lowest BCUT2D eigenvalue weighted by molar-refractivity contribution is -0.138. The van der Waals surface area contributed by atoms with Crippen molar-refractivity contribution in [2.45, 2.75) is 6.42 Å². The molecule has 3 N–H and O–H groups in total. The molecule has 0 spiro atoms. The Balaban J connectivity index is 3.56. The summed E-state index contributed by atoms with van der Waals surface area (Å²) in [6, 6.07) is 0. The highest BCUT2D eigenvalue weighted by Gasteiger charge is 2.07. The Kier molecular flexibility index (Phi) is 9.05. The van der Waals surface area contributed by atoms with Gasteiger partial charge in [-0.1, -0.05) is 6.08 Å². The van der Waals surface area contributed by atoms with Gasteiger partial charge < -0.3 is 15.5 Å². The second-order valence-corrected chi connectivity index (χ2v) is 3.24. The molecule has 5 nitrogen and oxygen atoms in total. The molecule has 0 unspecified atom stereocenters. The van der Waals surface area contributed by atoms with Crippen LogP contribution in [0.25, 0.3) is 0 Å². The van der Waals surface area contributed by atoms with Crippen LogP contribution < -0.4 is 5.32 Å². The minimum Gasteiger partial charge on any atom is -0.480 e. The Hall–Kier alpha value is -0.910. The molecule has 0 amide bonds. The molecule has 0 saturated carbocycles. The molecular formula is C10H20N2O3. The van der Waals surface area contributed by atoms with Gasteiger partial charge in [0.05, 0.1) is 13.2 Å². The Labute approximate surface area is 90.4 Å². The number of carboxylic acids is 1. The highest BCUT2D eigenvalue weighted by Crippen LogP contribution is 1.90. The molecule has 0 saturated heterocycles. The van der Waals surface area contributed by atoms with Gasteiger partial charge >= 0.3 is 5.97 Å². The minimum absolute atomic E-state index is 0.00658. The number of nitrogens with one attached hydrogen (secondary N) is 1. The summed E-state index contributed by atoms with van der Waals surface area (Å²) in [5, 5.41) is 20.5. The number of rotatable bonds is 10. The van der Waals surface area contributed by atoms with E-state index in [1.807, 2.05) is 0 Å². The van der Waals surface area contributed by atoms with Crippen molar-refractivity contribution in [3.8, 4) is 0 Å². The summed E-state index contributed by atoms with van der Waals surface area (Å²) in [5.74, 6) is -0.859. The fourth-order valence-corrected chi connectivity index (χ4v) is 1.23. The maximum absolute atomic E-state index is 10.5. The van der Waals surface area contributed by atoms with E-state index in [1.165, 1.54) is 0 Å². The first-order valence-electron chi connectivity index (χ1n) is 5.07. The molecule has 0 fully saturated rings. The van der Waals surface area contributed by atoms with Crippen LogP contribution in [0.1, 0.15) is 6.42 Å². The lowest BCUT2D eigenvalue weighted by Crippen LogP contribution is -2.34. The highest BCUT2D eigenvalue weighted by molar-refractivity contribution is 5.69. The highest BCUT2D eigenvalue weighted by atomic mass is 16.4. The van der Waals surface area contributed by atoms with Crippen molar-refractivity contribution < 1.29 is 15.0 Å². The van der Waals surface area contributed by atoms with E-state index >= 15 is 0 Å². The fraction of sp³-hybridized carbons (Fsp3) is 0.700. The average molecular weight is 216 g/mol. The number of carboxylic acid groups (broad SMARTS) is 1. The zero-order valence-electron chi connectivity index (χ0n) is 8.98. The van der Waals surface area contributed by atoms with Crippen LogP contribution in [0.2, 0.25) is 0 Å². The standard InChI is InChI=1S/C10H20N2O3/c1-2-4-11-5-3-6-12(7-8-13)9-10(14)15/h2,11,13H,1,3-9H2,(H,14,15). The van der Waals surface area contributed by atoms with Crippen molar-refractivity contribution in [3.05, 3.63) is 12.7 Å². The molecule has 0 aliphatic carbocycles. The van der Waals surface area contributed by atoms with Gasteiger partial charge in [0.15, 0.2) is 0 Å². The third kappa shape index (κ3) is 9.40. The van der Waals surface area contributed by atoms with Crippen LogP contribution in [0.3, 0.4) is 0 Å². The number of hydrogen-bond acceptors (Lipinski definition) is 4. The SMILES string of the molecule is C=CCNCCCN(CCO)CC(=O)O. The molecule has 0 aliphatic rings. The summed E-state index contributed by atoms with van der Waals surface area (Å²) in [6.45, 7) is 6.24.